The molecule has 0 aliphatic carbocycles. The van der Waals surface area contributed by atoms with Crippen molar-refractivity contribution in [2.45, 2.75) is 6.54 Å². The van der Waals surface area contributed by atoms with Gasteiger partial charge in [0.05, 0.1) is 12.8 Å². The van der Waals surface area contributed by atoms with Gasteiger partial charge < -0.3 is 9.30 Å². The molecule has 0 saturated carbocycles. The maximum atomic E-state index is 5.46. The lowest BCUT2D eigenvalue weighted by molar-refractivity contribution is 0.321. The summed E-state index contributed by atoms with van der Waals surface area (Å²) in [7, 11) is 1.70. The zero-order valence-corrected chi connectivity index (χ0v) is 12.5. The summed E-state index contributed by atoms with van der Waals surface area (Å²) in [6.45, 7) is 10.1. The van der Waals surface area contributed by atoms with Crippen LogP contribution in [0.4, 0.5) is 0 Å². The first-order chi connectivity index (χ1) is 10.3. The van der Waals surface area contributed by atoms with E-state index in [9.17, 15) is 0 Å². The summed E-state index contributed by atoms with van der Waals surface area (Å²) in [5, 5.41) is 0. The lowest BCUT2D eigenvalue weighted by Crippen LogP contribution is -2.24. The standard InChI is InChI=1S/C18H22N2O/c1-4-12-19(13-5-2)15-16-9-8-14-20(16)17-10-6-7-11-18(17)21-3/h4-11,14H,1-2,12-13,15H2,3H3. The highest BCUT2D eigenvalue weighted by molar-refractivity contribution is 5.48. The second-order valence-electron chi connectivity index (χ2n) is 4.81. The summed E-state index contributed by atoms with van der Waals surface area (Å²) in [6, 6.07) is 12.2. The van der Waals surface area contributed by atoms with E-state index in [2.05, 4.69) is 47.0 Å². The van der Waals surface area contributed by atoms with Crippen molar-refractivity contribution < 1.29 is 4.74 Å². The fourth-order valence-electron chi connectivity index (χ4n) is 2.41. The molecule has 0 unspecified atom stereocenters. The van der Waals surface area contributed by atoms with Crippen molar-refractivity contribution >= 4 is 0 Å². The van der Waals surface area contributed by atoms with Crippen LogP contribution in [-0.2, 0) is 6.54 Å². The molecule has 0 radical (unpaired) electrons. The van der Waals surface area contributed by atoms with Crippen molar-refractivity contribution in [3.63, 3.8) is 0 Å². The van der Waals surface area contributed by atoms with E-state index in [4.69, 9.17) is 4.74 Å². The molecule has 2 rings (SSSR count). The van der Waals surface area contributed by atoms with Crippen LogP contribution in [0.3, 0.4) is 0 Å². The van der Waals surface area contributed by atoms with Crippen LogP contribution < -0.4 is 4.74 Å². The summed E-state index contributed by atoms with van der Waals surface area (Å²) in [5.41, 5.74) is 2.26. The molecule has 2 aromatic rings. The van der Waals surface area contributed by atoms with Gasteiger partial charge in [-0.2, -0.15) is 0 Å². The van der Waals surface area contributed by atoms with Crippen LogP contribution in [0.2, 0.25) is 0 Å². The molecule has 1 aromatic heterocycles. The first-order valence-electron chi connectivity index (χ1n) is 7.04. The van der Waals surface area contributed by atoms with Crippen molar-refractivity contribution in [3.05, 3.63) is 73.6 Å². The molecule has 0 spiro atoms. The molecular weight excluding hydrogens is 260 g/mol. The number of benzene rings is 1. The molecule has 3 nitrogen and oxygen atoms in total. The van der Waals surface area contributed by atoms with Crippen LogP contribution in [0.25, 0.3) is 5.69 Å². The van der Waals surface area contributed by atoms with Gasteiger partial charge in [-0.1, -0.05) is 24.3 Å². The van der Waals surface area contributed by atoms with Gasteiger partial charge in [-0.15, -0.1) is 13.2 Å². The molecule has 21 heavy (non-hydrogen) atoms. The van der Waals surface area contributed by atoms with E-state index < -0.39 is 0 Å². The van der Waals surface area contributed by atoms with Crippen molar-refractivity contribution in [1.29, 1.82) is 0 Å². The van der Waals surface area contributed by atoms with Gasteiger partial charge >= 0.3 is 0 Å². The molecule has 0 atom stereocenters. The fraction of sp³-hybridized carbons (Fsp3) is 0.222. The highest BCUT2D eigenvalue weighted by atomic mass is 16.5. The monoisotopic (exact) mass is 282 g/mol. The van der Waals surface area contributed by atoms with Crippen LogP contribution >= 0.6 is 0 Å². The minimum absolute atomic E-state index is 0.836. The van der Waals surface area contributed by atoms with Crippen molar-refractivity contribution in [2.24, 2.45) is 0 Å². The van der Waals surface area contributed by atoms with Gasteiger partial charge in [0.2, 0.25) is 0 Å². The molecule has 0 bridgehead atoms. The second kappa shape index (κ2) is 7.50. The first-order valence-corrected chi connectivity index (χ1v) is 7.04. The predicted octanol–water partition coefficient (Wildman–Crippen LogP) is 3.66. The van der Waals surface area contributed by atoms with E-state index in [1.807, 2.05) is 30.4 Å². The Morgan fingerprint density at radius 2 is 1.81 bits per heavy atom. The molecule has 0 fully saturated rings. The Hall–Kier alpha value is -2.26. The van der Waals surface area contributed by atoms with Crippen LogP contribution in [0, 0.1) is 0 Å². The van der Waals surface area contributed by atoms with Crippen molar-refractivity contribution in [2.75, 3.05) is 20.2 Å². The lowest BCUT2D eigenvalue weighted by Gasteiger charge is -2.20. The Labute approximate surface area is 126 Å². The summed E-state index contributed by atoms with van der Waals surface area (Å²) >= 11 is 0. The zero-order valence-electron chi connectivity index (χ0n) is 12.5. The summed E-state index contributed by atoms with van der Waals surface area (Å²) in [5.74, 6) is 0.869. The van der Waals surface area contributed by atoms with Gasteiger partial charge in [0.15, 0.2) is 0 Å². The van der Waals surface area contributed by atoms with Gasteiger partial charge in [0.25, 0.3) is 0 Å². The van der Waals surface area contributed by atoms with Crippen LogP contribution in [-0.4, -0.2) is 29.7 Å². The molecule has 0 aliphatic heterocycles. The molecule has 0 amide bonds. The Morgan fingerprint density at radius 1 is 1.10 bits per heavy atom. The van der Waals surface area contributed by atoms with E-state index in [1.54, 1.807) is 7.11 Å². The minimum atomic E-state index is 0.836. The Balaban J connectivity index is 2.29. The number of ether oxygens (including phenoxy) is 1. The Morgan fingerprint density at radius 3 is 2.48 bits per heavy atom. The average Bonchev–Trinajstić information content (AvgIpc) is 2.95. The maximum Gasteiger partial charge on any atom is 0.142 e. The lowest BCUT2D eigenvalue weighted by atomic mass is 10.2. The van der Waals surface area contributed by atoms with Gasteiger partial charge in [-0.25, -0.2) is 0 Å². The van der Waals surface area contributed by atoms with Crippen molar-refractivity contribution in [1.82, 2.24) is 9.47 Å². The van der Waals surface area contributed by atoms with Gasteiger partial charge in [-0.05, 0) is 24.3 Å². The minimum Gasteiger partial charge on any atom is -0.495 e. The van der Waals surface area contributed by atoms with E-state index in [0.717, 1.165) is 31.1 Å². The Kier molecular flexibility index (Phi) is 5.41. The molecule has 1 heterocycles. The first kappa shape index (κ1) is 15.1. The third-order valence-corrected chi connectivity index (χ3v) is 3.34. The van der Waals surface area contributed by atoms with Gasteiger partial charge in [-0.3, -0.25) is 4.90 Å². The number of aromatic nitrogens is 1. The normalized spacial score (nSPS) is 10.6. The summed E-state index contributed by atoms with van der Waals surface area (Å²) < 4.78 is 7.62. The molecule has 110 valence electrons. The molecule has 1 aromatic carbocycles. The van der Waals surface area contributed by atoms with E-state index in [0.29, 0.717) is 0 Å². The fourth-order valence-corrected chi connectivity index (χ4v) is 2.41. The second-order valence-corrected chi connectivity index (χ2v) is 4.81. The highest BCUT2D eigenvalue weighted by Gasteiger charge is 2.10. The van der Waals surface area contributed by atoms with Crippen LogP contribution in [0.1, 0.15) is 5.69 Å². The largest absolute Gasteiger partial charge is 0.495 e. The Bertz CT molecular complexity index is 591. The van der Waals surface area contributed by atoms with E-state index in [1.165, 1.54) is 5.69 Å². The molecule has 3 heteroatoms. The van der Waals surface area contributed by atoms with Crippen LogP contribution in [0.15, 0.2) is 67.9 Å². The number of hydrogen-bond donors (Lipinski definition) is 0. The number of para-hydroxylation sites is 2. The highest BCUT2D eigenvalue weighted by Crippen LogP contribution is 2.24. The smallest absolute Gasteiger partial charge is 0.142 e. The molecule has 0 saturated heterocycles. The molecule has 0 N–H and O–H groups in total. The van der Waals surface area contributed by atoms with E-state index >= 15 is 0 Å². The topological polar surface area (TPSA) is 17.4 Å². The number of hydrogen-bond acceptors (Lipinski definition) is 2. The third kappa shape index (κ3) is 3.64. The van der Waals surface area contributed by atoms with Gasteiger partial charge in [0.1, 0.15) is 5.75 Å². The quantitative estimate of drug-likeness (QED) is 0.687. The van der Waals surface area contributed by atoms with Gasteiger partial charge in [0, 0.05) is 31.5 Å². The van der Waals surface area contributed by atoms with E-state index in [-0.39, 0.29) is 0 Å². The number of nitrogens with zero attached hydrogens (tertiary/aromatic N) is 2. The third-order valence-electron chi connectivity index (χ3n) is 3.34. The average molecular weight is 282 g/mol. The number of rotatable bonds is 8. The summed E-state index contributed by atoms with van der Waals surface area (Å²) in [4.78, 5) is 2.28. The summed E-state index contributed by atoms with van der Waals surface area (Å²) in [6.07, 6.45) is 5.90. The maximum absolute atomic E-state index is 5.46. The molecule has 0 aliphatic rings. The molecular formula is C18H22N2O. The SMILES string of the molecule is C=CCN(CC=C)Cc1cccn1-c1ccccc1OC. The van der Waals surface area contributed by atoms with Crippen LogP contribution in [0.5, 0.6) is 5.75 Å². The zero-order chi connectivity index (χ0) is 15.1. The predicted molar refractivity (Wildman–Crippen MR) is 88.0 cm³/mol. The van der Waals surface area contributed by atoms with Crippen molar-refractivity contribution in [3.8, 4) is 11.4 Å². The number of methoxy groups -OCH3 is 1.